The summed E-state index contributed by atoms with van der Waals surface area (Å²) < 4.78 is 18.2. The number of nitrogens with two attached hydrogens (primary N) is 1. The van der Waals surface area contributed by atoms with E-state index in [0.717, 1.165) is 12.3 Å². The fourth-order valence-corrected chi connectivity index (χ4v) is 8.33. The van der Waals surface area contributed by atoms with Gasteiger partial charge < -0.3 is 20.3 Å². The quantitative estimate of drug-likeness (QED) is 0.0771. The Morgan fingerprint density at radius 2 is 1.38 bits per heavy atom. The van der Waals surface area contributed by atoms with Crippen LogP contribution in [0.25, 0.3) is 0 Å². The molecule has 0 amide bonds. The second-order valence-corrected chi connectivity index (χ2v) is 15.7. The summed E-state index contributed by atoms with van der Waals surface area (Å²) in [6.45, 7) is 28.9. The first-order valence-corrected chi connectivity index (χ1v) is 15.9. The van der Waals surface area contributed by atoms with Crippen LogP contribution in [0.1, 0.15) is 83.1 Å². The maximum Gasteiger partial charge on any atom is 0.189 e. The lowest BCUT2D eigenvalue weighted by atomic mass is 10.1. The molecule has 0 saturated carbocycles. The second kappa shape index (κ2) is 16.2. The molecule has 0 bridgehead atoms. The number of nitrogens with zero attached hydrogens (tertiary/aromatic N) is 3. The molecule has 0 aliphatic rings. The van der Waals surface area contributed by atoms with E-state index in [-0.39, 0.29) is 4.75 Å². The Bertz CT molecular complexity index is 554. The van der Waals surface area contributed by atoms with Gasteiger partial charge in [0, 0.05) is 48.3 Å². The van der Waals surface area contributed by atoms with E-state index >= 15 is 0 Å². The topological polar surface area (TPSA) is 75.3 Å². The van der Waals surface area contributed by atoms with Crippen molar-refractivity contribution in [1.82, 2.24) is 14.7 Å². The predicted octanol–water partition coefficient (Wildman–Crippen LogP) is 5.96. The molecular formula is C24H54N5O2PS2. The first-order chi connectivity index (χ1) is 15.5. The van der Waals surface area contributed by atoms with Gasteiger partial charge in [0.2, 0.25) is 0 Å². The molecular weight excluding hydrogens is 485 g/mol. The molecule has 0 saturated heterocycles. The van der Waals surface area contributed by atoms with Crippen LogP contribution in [-0.4, -0.2) is 82.4 Å². The summed E-state index contributed by atoms with van der Waals surface area (Å²) in [5.41, 5.74) is 5.27. The van der Waals surface area contributed by atoms with Crippen molar-refractivity contribution in [3.05, 3.63) is 0 Å². The number of rotatable bonds is 17. The van der Waals surface area contributed by atoms with Crippen molar-refractivity contribution in [2.75, 3.05) is 32.6 Å². The summed E-state index contributed by atoms with van der Waals surface area (Å²) in [4.78, 5) is 3.91. The van der Waals surface area contributed by atoms with Gasteiger partial charge in [-0.3, -0.25) is 4.99 Å². The molecule has 10 heteroatoms. The van der Waals surface area contributed by atoms with Gasteiger partial charge in [-0.2, -0.15) is 0 Å². The highest BCUT2D eigenvalue weighted by Gasteiger charge is 2.38. The maximum atomic E-state index is 6.92. The van der Waals surface area contributed by atoms with Crippen molar-refractivity contribution in [2.24, 2.45) is 10.7 Å². The molecule has 0 aromatic heterocycles. The Hall–Kier alpha value is 0.240. The van der Waals surface area contributed by atoms with E-state index in [1.807, 2.05) is 21.6 Å². The lowest BCUT2D eigenvalue weighted by molar-refractivity contribution is -0.0139. The molecule has 0 spiro atoms. The van der Waals surface area contributed by atoms with Crippen molar-refractivity contribution in [2.45, 2.75) is 118 Å². The zero-order chi connectivity index (χ0) is 26.7. The van der Waals surface area contributed by atoms with Crippen LogP contribution in [0, 0.1) is 0 Å². The van der Waals surface area contributed by atoms with E-state index < -0.39 is 14.1 Å². The molecule has 7 nitrogen and oxygen atoms in total. The van der Waals surface area contributed by atoms with E-state index in [0.29, 0.717) is 43.3 Å². The molecule has 0 radical (unpaired) electrons. The van der Waals surface area contributed by atoms with Gasteiger partial charge in [-0.05, 0) is 83.1 Å². The van der Waals surface area contributed by atoms with Gasteiger partial charge >= 0.3 is 0 Å². The SMILES string of the molecule is CN=C(N)NCCSSC(C)(C)COCC(C)(C)OP(N(C(C)C)C(C)C)N(C(C)C)C(C)C. The molecule has 0 aliphatic heterocycles. The van der Waals surface area contributed by atoms with Gasteiger partial charge in [-0.25, -0.2) is 9.34 Å². The monoisotopic (exact) mass is 539 g/mol. The van der Waals surface area contributed by atoms with E-state index in [2.05, 4.69) is 103 Å². The van der Waals surface area contributed by atoms with Crippen LogP contribution < -0.4 is 11.1 Å². The Labute approximate surface area is 220 Å². The highest BCUT2D eigenvalue weighted by atomic mass is 33.1. The van der Waals surface area contributed by atoms with Crippen molar-refractivity contribution in [1.29, 1.82) is 0 Å². The van der Waals surface area contributed by atoms with Crippen LogP contribution in [0.15, 0.2) is 4.99 Å². The van der Waals surface area contributed by atoms with Crippen LogP contribution in [0.5, 0.6) is 0 Å². The minimum atomic E-state index is -0.948. The zero-order valence-corrected chi connectivity index (χ0v) is 26.7. The van der Waals surface area contributed by atoms with Crippen molar-refractivity contribution in [3.8, 4) is 0 Å². The van der Waals surface area contributed by atoms with Gasteiger partial charge in [0.05, 0.1) is 18.8 Å². The minimum Gasteiger partial charge on any atom is -0.377 e. The lowest BCUT2D eigenvalue weighted by Crippen LogP contribution is -2.46. The summed E-state index contributed by atoms with van der Waals surface area (Å²) in [5, 5.41) is 3.09. The van der Waals surface area contributed by atoms with Crippen LogP contribution in [-0.2, 0) is 9.26 Å². The molecule has 0 rings (SSSR count). The number of nitrogens with one attached hydrogen (secondary N) is 1. The minimum absolute atomic E-state index is 0.000325. The fourth-order valence-electron chi connectivity index (χ4n) is 3.51. The van der Waals surface area contributed by atoms with Gasteiger partial charge in [0.25, 0.3) is 0 Å². The number of hydrogen-bond donors (Lipinski definition) is 2. The highest BCUT2D eigenvalue weighted by Crippen LogP contribution is 2.53. The largest absolute Gasteiger partial charge is 0.377 e. The normalized spacial score (nSPS) is 14.2. The molecule has 0 aliphatic carbocycles. The van der Waals surface area contributed by atoms with Crippen molar-refractivity contribution < 1.29 is 9.26 Å². The standard InChI is InChI=1S/C24H54N5O2PS2/c1-18(2)28(19(3)4)32(29(20(5)6)21(7)8)31-23(9,10)16-30-17-24(11,12)34-33-15-14-27-22(25)26-13/h18-21H,14-17H2,1-13H3,(H3,25,26,27). The molecule has 0 aromatic rings. The highest BCUT2D eigenvalue weighted by molar-refractivity contribution is 8.77. The molecule has 0 atom stereocenters. The van der Waals surface area contributed by atoms with Gasteiger partial charge in [0.1, 0.15) is 0 Å². The predicted molar refractivity (Wildman–Crippen MR) is 157 cm³/mol. The number of aliphatic imine (C=N–C) groups is 1. The third-order valence-electron chi connectivity index (χ3n) is 4.76. The molecule has 0 unspecified atom stereocenters. The first kappa shape index (κ1) is 34.2. The Morgan fingerprint density at radius 1 is 0.912 bits per heavy atom. The van der Waals surface area contributed by atoms with Crippen LogP contribution in [0.4, 0.5) is 0 Å². The summed E-state index contributed by atoms with van der Waals surface area (Å²) in [6, 6.07) is 1.57. The molecule has 204 valence electrons. The smallest absolute Gasteiger partial charge is 0.189 e. The average Bonchev–Trinajstić information content (AvgIpc) is 2.65. The maximum absolute atomic E-state index is 6.92. The van der Waals surface area contributed by atoms with Crippen molar-refractivity contribution >= 4 is 36.0 Å². The molecule has 0 fully saturated rings. The first-order valence-electron chi connectivity index (χ1n) is 12.4. The van der Waals surface area contributed by atoms with Gasteiger partial charge in [0.15, 0.2) is 14.4 Å². The van der Waals surface area contributed by atoms with E-state index in [1.54, 1.807) is 7.05 Å². The lowest BCUT2D eigenvalue weighted by Gasteiger charge is -2.48. The summed E-state index contributed by atoms with van der Waals surface area (Å²) in [7, 11) is 4.41. The van der Waals surface area contributed by atoms with Gasteiger partial charge in [-0.15, -0.1) is 0 Å². The summed E-state index contributed by atoms with van der Waals surface area (Å²) in [5.74, 6) is 1.43. The van der Waals surface area contributed by atoms with E-state index in [4.69, 9.17) is 15.0 Å². The Morgan fingerprint density at radius 3 is 1.79 bits per heavy atom. The Kier molecular flexibility index (Phi) is 16.3. The number of hydrogen-bond acceptors (Lipinski definition) is 7. The van der Waals surface area contributed by atoms with Gasteiger partial charge in [-0.1, -0.05) is 21.6 Å². The second-order valence-electron chi connectivity index (χ2n) is 10.9. The third kappa shape index (κ3) is 13.5. The Balaban J connectivity index is 5.07. The van der Waals surface area contributed by atoms with Crippen molar-refractivity contribution in [3.63, 3.8) is 0 Å². The molecule has 34 heavy (non-hydrogen) atoms. The van der Waals surface area contributed by atoms with Crippen LogP contribution in [0.2, 0.25) is 0 Å². The van der Waals surface area contributed by atoms with E-state index in [1.165, 1.54) is 0 Å². The van der Waals surface area contributed by atoms with E-state index in [9.17, 15) is 0 Å². The number of guanidine groups is 1. The molecule has 3 N–H and O–H groups in total. The zero-order valence-electron chi connectivity index (χ0n) is 24.1. The summed E-state index contributed by atoms with van der Waals surface area (Å²) >= 11 is 0. The molecule has 0 aromatic carbocycles. The summed E-state index contributed by atoms with van der Waals surface area (Å²) in [6.07, 6.45) is 0. The third-order valence-corrected chi connectivity index (χ3v) is 11.3. The van der Waals surface area contributed by atoms with Crippen LogP contribution >= 0.6 is 30.0 Å². The number of ether oxygens (including phenoxy) is 1. The average molecular weight is 540 g/mol. The van der Waals surface area contributed by atoms with Crippen LogP contribution in [0.3, 0.4) is 0 Å². The fraction of sp³-hybridized carbons (Fsp3) is 0.958. The molecule has 0 heterocycles.